The molecule has 0 saturated carbocycles. The smallest absolute Gasteiger partial charge is 0.164 e. The summed E-state index contributed by atoms with van der Waals surface area (Å²) in [6.45, 7) is 0. The van der Waals surface area contributed by atoms with Crippen LogP contribution in [-0.4, -0.2) is 19.9 Å². The molecule has 0 radical (unpaired) electrons. The van der Waals surface area contributed by atoms with Crippen LogP contribution in [0.15, 0.2) is 194 Å². The molecule has 0 amide bonds. The molecule has 4 nitrogen and oxygen atoms in total. The van der Waals surface area contributed by atoms with Crippen molar-refractivity contribution in [3.8, 4) is 56.5 Å². The highest BCUT2D eigenvalue weighted by molar-refractivity contribution is 7.25. The Kier molecular flexibility index (Phi) is 7.44. The Morgan fingerprint density at radius 3 is 1.67 bits per heavy atom. The number of pyridine rings is 1. The second kappa shape index (κ2) is 13.3. The van der Waals surface area contributed by atoms with E-state index in [-0.39, 0.29) is 0 Å². The number of fused-ring (bicyclic) bond motifs is 6. The third kappa shape index (κ3) is 5.31. The standard InChI is InChI=1S/C56H32N4S/c1-2-12-36(13-3-1)53-58-54(38-17-11-16-37(32-38)39-28-26-35-25-24-33-14-10-15-34-27-29-43(39)50(35)49(33)34)60-55(59-53)46-31-30-45(40-18-4-5-19-41(40)46)52-44-21-7-6-20-42(44)51-47-22-8-9-23-48(47)61-56(51)57-52/h1-32H. The topological polar surface area (TPSA) is 51.6 Å². The minimum Gasteiger partial charge on any atom is -0.236 e. The predicted octanol–water partition coefficient (Wildman–Crippen LogP) is 15.2. The molecule has 0 atom stereocenters. The van der Waals surface area contributed by atoms with Gasteiger partial charge in [0.15, 0.2) is 17.5 Å². The third-order valence-electron chi connectivity index (χ3n) is 12.3. The van der Waals surface area contributed by atoms with Gasteiger partial charge in [-0.05, 0) is 77.8 Å². The maximum atomic E-state index is 5.42. The van der Waals surface area contributed by atoms with E-state index in [0.717, 1.165) is 54.5 Å². The van der Waals surface area contributed by atoms with Crippen LogP contribution in [0.25, 0.3) is 131 Å². The van der Waals surface area contributed by atoms with E-state index in [1.165, 1.54) is 58.7 Å². The van der Waals surface area contributed by atoms with Gasteiger partial charge in [-0.15, -0.1) is 11.3 Å². The Bertz CT molecular complexity index is 3870. The molecule has 282 valence electrons. The normalized spacial score (nSPS) is 11.9. The number of hydrogen-bond donors (Lipinski definition) is 0. The van der Waals surface area contributed by atoms with Crippen molar-refractivity contribution in [2.24, 2.45) is 0 Å². The Hall–Kier alpha value is -7.86. The summed E-state index contributed by atoms with van der Waals surface area (Å²) in [6, 6.07) is 69.1. The molecule has 0 unspecified atom stereocenters. The molecule has 0 bridgehead atoms. The van der Waals surface area contributed by atoms with E-state index in [0.29, 0.717) is 17.5 Å². The highest BCUT2D eigenvalue weighted by atomic mass is 32.1. The molecule has 13 rings (SSSR count). The zero-order valence-electron chi connectivity index (χ0n) is 32.7. The van der Waals surface area contributed by atoms with Gasteiger partial charge < -0.3 is 0 Å². The van der Waals surface area contributed by atoms with Crippen LogP contribution in [0.1, 0.15) is 0 Å². The molecule has 0 fully saturated rings. The van der Waals surface area contributed by atoms with E-state index >= 15 is 0 Å². The van der Waals surface area contributed by atoms with Gasteiger partial charge in [0.1, 0.15) is 4.83 Å². The van der Waals surface area contributed by atoms with Crippen molar-refractivity contribution >= 4 is 85.5 Å². The van der Waals surface area contributed by atoms with Crippen LogP contribution >= 0.6 is 11.3 Å². The van der Waals surface area contributed by atoms with E-state index in [2.05, 4.69) is 176 Å². The quantitative estimate of drug-likeness (QED) is 0.163. The fraction of sp³-hybridized carbons (Fsp3) is 0. The maximum Gasteiger partial charge on any atom is 0.164 e. The fourth-order valence-corrected chi connectivity index (χ4v) is 10.6. The number of nitrogens with zero attached hydrogens (tertiary/aromatic N) is 4. The van der Waals surface area contributed by atoms with Crippen molar-refractivity contribution < 1.29 is 0 Å². The van der Waals surface area contributed by atoms with Crippen LogP contribution in [0.2, 0.25) is 0 Å². The molecule has 3 aromatic heterocycles. The van der Waals surface area contributed by atoms with E-state index in [1.807, 2.05) is 18.2 Å². The molecule has 0 saturated heterocycles. The lowest BCUT2D eigenvalue weighted by atomic mass is 9.89. The summed E-state index contributed by atoms with van der Waals surface area (Å²) in [5.41, 5.74) is 7.15. The molecular formula is C56H32N4S. The van der Waals surface area contributed by atoms with Gasteiger partial charge in [0.2, 0.25) is 0 Å². The van der Waals surface area contributed by atoms with Gasteiger partial charge in [-0.25, -0.2) is 19.9 Å². The molecule has 61 heavy (non-hydrogen) atoms. The molecule has 0 N–H and O–H groups in total. The van der Waals surface area contributed by atoms with E-state index in [1.54, 1.807) is 11.3 Å². The maximum absolute atomic E-state index is 5.42. The van der Waals surface area contributed by atoms with Crippen molar-refractivity contribution in [2.75, 3.05) is 0 Å². The Morgan fingerprint density at radius 1 is 0.295 bits per heavy atom. The minimum atomic E-state index is 0.623. The van der Waals surface area contributed by atoms with Crippen molar-refractivity contribution in [1.29, 1.82) is 0 Å². The summed E-state index contributed by atoms with van der Waals surface area (Å²) in [5, 5.41) is 14.6. The first kappa shape index (κ1) is 34.0. The van der Waals surface area contributed by atoms with E-state index in [4.69, 9.17) is 19.9 Å². The van der Waals surface area contributed by atoms with Crippen LogP contribution < -0.4 is 0 Å². The first-order chi connectivity index (χ1) is 30.2. The van der Waals surface area contributed by atoms with Crippen LogP contribution in [-0.2, 0) is 0 Å². The average molecular weight is 793 g/mol. The number of rotatable bonds is 5. The summed E-state index contributed by atoms with van der Waals surface area (Å²) >= 11 is 1.75. The number of benzene rings is 10. The highest BCUT2D eigenvalue weighted by Gasteiger charge is 2.20. The van der Waals surface area contributed by atoms with Crippen LogP contribution in [0.4, 0.5) is 0 Å². The monoisotopic (exact) mass is 792 g/mol. The Labute approximate surface area is 354 Å². The molecule has 0 aliphatic heterocycles. The lowest BCUT2D eigenvalue weighted by Crippen LogP contribution is -2.01. The lowest BCUT2D eigenvalue weighted by Gasteiger charge is -2.15. The van der Waals surface area contributed by atoms with E-state index in [9.17, 15) is 0 Å². The summed E-state index contributed by atoms with van der Waals surface area (Å²) in [7, 11) is 0. The Balaban J connectivity index is 0.994. The van der Waals surface area contributed by atoms with Crippen molar-refractivity contribution in [2.45, 2.75) is 0 Å². The third-order valence-corrected chi connectivity index (χ3v) is 13.4. The molecular weight excluding hydrogens is 761 g/mol. The van der Waals surface area contributed by atoms with Crippen LogP contribution in [0, 0.1) is 0 Å². The predicted molar refractivity (Wildman–Crippen MR) is 256 cm³/mol. The van der Waals surface area contributed by atoms with E-state index < -0.39 is 0 Å². The van der Waals surface area contributed by atoms with Crippen molar-refractivity contribution in [3.63, 3.8) is 0 Å². The van der Waals surface area contributed by atoms with Crippen LogP contribution in [0.3, 0.4) is 0 Å². The van der Waals surface area contributed by atoms with Gasteiger partial charge in [0.25, 0.3) is 0 Å². The molecule has 10 aromatic carbocycles. The lowest BCUT2D eigenvalue weighted by molar-refractivity contribution is 1.08. The second-order valence-electron chi connectivity index (χ2n) is 15.7. The highest BCUT2D eigenvalue weighted by Crippen LogP contribution is 2.44. The van der Waals surface area contributed by atoms with Gasteiger partial charge in [0.05, 0.1) is 5.69 Å². The van der Waals surface area contributed by atoms with Crippen LogP contribution in [0.5, 0.6) is 0 Å². The number of thiophene rings is 1. The second-order valence-corrected chi connectivity index (χ2v) is 16.7. The molecule has 5 heteroatoms. The number of hydrogen-bond acceptors (Lipinski definition) is 5. The first-order valence-electron chi connectivity index (χ1n) is 20.5. The zero-order valence-corrected chi connectivity index (χ0v) is 33.5. The average Bonchev–Trinajstić information content (AvgIpc) is 3.72. The van der Waals surface area contributed by atoms with Gasteiger partial charge in [-0.1, -0.05) is 176 Å². The SMILES string of the molecule is c1ccc(-c2nc(-c3cccc(-c4ccc5ccc6cccc7ccc4c5c67)c3)nc(-c3ccc(-c4nc5sc6ccccc6c5c5ccccc45)c4ccccc34)n2)cc1. The summed E-state index contributed by atoms with van der Waals surface area (Å²) in [5.74, 6) is 1.88. The van der Waals surface area contributed by atoms with Gasteiger partial charge in [-0.2, -0.15) is 0 Å². The zero-order chi connectivity index (χ0) is 40.0. The molecule has 3 heterocycles. The van der Waals surface area contributed by atoms with Gasteiger partial charge in [0, 0.05) is 43.1 Å². The molecule has 0 spiro atoms. The number of aromatic nitrogens is 4. The molecule has 0 aliphatic rings. The summed E-state index contributed by atoms with van der Waals surface area (Å²) in [6.07, 6.45) is 0. The fourth-order valence-electron chi connectivity index (χ4n) is 9.50. The van der Waals surface area contributed by atoms with Gasteiger partial charge >= 0.3 is 0 Å². The molecule has 0 aliphatic carbocycles. The first-order valence-corrected chi connectivity index (χ1v) is 21.4. The summed E-state index contributed by atoms with van der Waals surface area (Å²) in [4.78, 5) is 22.1. The summed E-state index contributed by atoms with van der Waals surface area (Å²) < 4.78 is 1.24. The molecule has 13 aromatic rings. The van der Waals surface area contributed by atoms with Crippen molar-refractivity contribution in [1.82, 2.24) is 19.9 Å². The van der Waals surface area contributed by atoms with Gasteiger partial charge in [-0.3, -0.25) is 0 Å². The Morgan fingerprint density at radius 2 is 0.852 bits per heavy atom. The largest absolute Gasteiger partial charge is 0.236 e. The minimum absolute atomic E-state index is 0.623. The van der Waals surface area contributed by atoms with Crippen molar-refractivity contribution in [3.05, 3.63) is 194 Å².